The fourth-order valence-corrected chi connectivity index (χ4v) is 8.52. The molecule has 0 unspecified atom stereocenters. The van der Waals surface area contributed by atoms with Crippen LogP contribution in [0.4, 0.5) is 11.4 Å². The minimum Gasteiger partial charge on any atom is -0.347 e. The highest BCUT2D eigenvalue weighted by atomic mass is 32.2. The maximum absolute atomic E-state index is 4.55. The summed E-state index contributed by atoms with van der Waals surface area (Å²) in [6.45, 7) is 9.31. The molecule has 0 amide bonds. The fraction of sp³-hybridized carbons (Fsp3) is 0.282. The lowest BCUT2D eigenvalue weighted by atomic mass is 9.81. The van der Waals surface area contributed by atoms with E-state index in [1.165, 1.54) is 50.0 Å². The predicted molar refractivity (Wildman–Crippen MR) is 188 cm³/mol. The summed E-state index contributed by atoms with van der Waals surface area (Å²) in [6.07, 6.45) is 12.5. The molecule has 0 bridgehead atoms. The largest absolute Gasteiger partial charge is 0.369 e. The summed E-state index contributed by atoms with van der Waals surface area (Å²) in [7, 11) is 4.37. The van der Waals surface area contributed by atoms with E-state index in [1.807, 2.05) is 22.9 Å². The van der Waals surface area contributed by atoms with Gasteiger partial charge in [-0.1, -0.05) is 85.8 Å². The molecule has 232 valence electrons. The first-order chi connectivity index (χ1) is 22.2. The van der Waals surface area contributed by atoms with Crippen molar-refractivity contribution in [2.24, 2.45) is 0 Å². The van der Waals surface area contributed by atoms with Crippen LogP contribution >= 0.6 is 11.8 Å². The number of aromatic amines is 1. The number of likely N-dealkylation sites (N-methyl/N-ethyl adjacent to an activating group) is 1. The first kappa shape index (κ1) is 30.2. The molecular formula is C39H42N6S+2. The Balaban J connectivity index is 1.32. The van der Waals surface area contributed by atoms with Crippen molar-refractivity contribution in [2.45, 2.75) is 62.9 Å². The van der Waals surface area contributed by atoms with Gasteiger partial charge in [0.05, 0.1) is 5.41 Å². The van der Waals surface area contributed by atoms with Gasteiger partial charge in [-0.25, -0.2) is 0 Å². The molecule has 46 heavy (non-hydrogen) atoms. The molecule has 1 aromatic heterocycles. The molecule has 0 saturated heterocycles. The summed E-state index contributed by atoms with van der Waals surface area (Å²) in [4.78, 5) is 3.60. The lowest BCUT2D eigenvalue weighted by Gasteiger charge is -2.24. The van der Waals surface area contributed by atoms with Crippen LogP contribution in [0.15, 0.2) is 130 Å². The summed E-state index contributed by atoms with van der Waals surface area (Å²) >= 11 is 1.70. The van der Waals surface area contributed by atoms with Gasteiger partial charge in [0.2, 0.25) is 5.69 Å². The molecule has 4 aromatic rings. The zero-order valence-corrected chi connectivity index (χ0v) is 28.4. The number of hydrogen-bond donors (Lipinski definition) is 1. The van der Waals surface area contributed by atoms with Crippen LogP contribution in [-0.2, 0) is 10.8 Å². The molecule has 1 aliphatic carbocycles. The van der Waals surface area contributed by atoms with Gasteiger partial charge in [-0.3, -0.25) is 0 Å². The number of fused-ring (bicyclic) bond motifs is 2. The average Bonchev–Trinajstić information content (AvgIpc) is 3.66. The van der Waals surface area contributed by atoms with Crippen LogP contribution in [0.3, 0.4) is 0 Å². The van der Waals surface area contributed by atoms with Crippen LogP contribution < -0.4 is 9.58 Å². The molecule has 0 saturated carbocycles. The molecule has 1 N–H and O–H groups in total. The molecule has 3 aliphatic rings. The molecule has 0 spiro atoms. The van der Waals surface area contributed by atoms with Crippen molar-refractivity contribution < 1.29 is 9.26 Å². The van der Waals surface area contributed by atoms with E-state index < -0.39 is 0 Å². The van der Waals surface area contributed by atoms with E-state index in [-0.39, 0.29) is 10.8 Å². The molecule has 0 atom stereocenters. The fourth-order valence-electron chi connectivity index (χ4n) is 7.41. The van der Waals surface area contributed by atoms with Crippen molar-refractivity contribution in [1.29, 1.82) is 0 Å². The Bertz CT molecular complexity index is 1970. The van der Waals surface area contributed by atoms with Crippen LogP contribution in [0.1, 0.15) is 58.1 Å². The Morgan fingerprint density at radius 1 is 0.826 bits per heavy atom. The van der Waals surface area contributed by atoms with Crippen molar-refractivity contribution in [3.63, 3.8) is 0 Å². The van der Waals surface area contributed by atoms with Crippen molar-refractivity contribution >= 4 is 28.8 Å². The van der Waals surface area contributed by atoms with Crippen LogP contribution in [0.25, 0.3) is 5.69 Å². The van der Waals surface area contributed by atoms with E-state index in [2.05, 4.69) is 152 Å². The molecule has 7 heteroatoms. The number of thioether (sulfide) groups is 1. The van der Waals surface area contributed by atoms with Gasteiger partial charge < -0.3 is 4.90 Å². The number of nitrogens with zero attached hydrogens (tertiary/aromatic N) is 5. The zero-order valence-electron chi connectivity index (χ0n) is 27.6. The summed E-state index contributed by atoms with van der Waals surface area (Å²) in [5.74, 6) is 0. The summed E-state index contributed by atoms with van der Waals surface area (Å²) in [5.41, 5.74) is 11.4. The van der Waals surface area contributed by atoms with E-state index in [0.29, 0.717) is 0 Å². The van der Waals surface area contributed by atoms with Gasteiger partial charge in [-0.2, -0.15) is 4.58 Å². The number of tetrazole rings is 1. The van der Waals surface area contributed by atoms with Crippen molar-refractivity contribution in [3.05, 3.63) is 136 Å². The van der Waals surface area contributed by atoms with Crippen LogP contribution in [-0.4, -0.2) is 39.9 Å². The van der Waals surface area contributed by atoms with Gasteiger partial charge >= 0.3 is 5.16 Å². The Hall–Kier alpha value is -4.49. The molecule has 0 radical (unpaired) electrons. The quantitative estimate of drug-likeness (QED) is 0.220. The van der Waals surface area contributed by atoms with Crippen molar-refractivity contribution in [2.75, 3.05) is 19.0 Å². The first-order valence-corrected chi connectivity index (χ1v) is 16.9. The third-order valence-corrected chi connectivity index (χ3v) is 11.1. The van der Waals surface area contributed by atoms with Gasteiger partial charge in [-0.05, 0) is 85.9 Å². The second-order valence-electron chi connectivity index (χ2n) is 13.4. The Morgan fingerprint density at radius 3 is 2.30 bits per heavy atom. The monoisotopic (exact) mass is 626 g/mol. The average molecular weight is 627 g/mol. The van der Waals surface area contributed by atoms with Crippen molar-refractivity contribution in [3.8, 4) is 5.69 Å². The number of benzene rings is 3. The molecule has 0 fully saturated rings. The normalized spacial score (nSPS) is 20.3. The number of aromatic nitrogens is 4. The summed E-state index contributed by atoms with van der Waals surface area (Å²) in [6, 6.07) is 27.8. The number of allylic oxidation sites excluding steroid dienone is 7. The Labute approximate surface area is 276 Å². The van der Waals surface area contributed by atoms with Crippen LogP contribution in [0.2, 0.25) is 0 Å². The molecular weight excluding hydrogens is 585 g/mol. The Kier molecular flexibility index (Phi) is 7.68. The first-order valence-electron chi connectivity index (χ1n) is 16.1. The summed E-state index contributed by atoms with van der Waals surface area (Å²) < 4.78 is 4.31. The second-order valence-corrected chi connectivity index (χ2v) is 14.4. The van der Waals surface area contributed by atoms with Crippen molar-refractivity contribution in [1.82, 2.24) is 15.5 Å². The van der Waals surface area contributed by atoms with E-state index in [4.69, 9.17) is 0 Å². The second kappa shape index (κ2) is 11.7. The molecule has 3 aromatic carbocycles. The molecule has 3 heterocycles. The number of H-pyrrole nitrogens is 1. The maximum atomic E-state index is 4.55. The van der Waals surface area contributed by atoms with Gasteiger partial charge in [0.1, 0.15) is 17.8 Å². The standard InChI is InChI=1S/C39H41N6S/c1-38(2)30-19-10-12-21-32(30)43(5)34(38)25-23-27-15-14-16-28(24-26-35-39(3,4)31-20-11-13-22-33(31)44(35)6)36(27)46-37-40-41-42-45(37)29-17-8-7-9-18-29/h7-13,17-26H,14-16H2,1-6H3/q+1/p+1. The third-order valence-electron chi connectivity index (χ3n) is 9.92. The number of anilines is 1. The molecule has 7 rings (SSSR count). The predicted octanol–water partition coefficient (Wildman–Crippen LogP) is 8.11. The highest BCUT2D eigenvalue weighted by Gasteiger charge is 2.43. The molecule has 2 aliphatic heterocycles. The van der Waals surface area contributed by atoms with Gasteiger partial charge in [0, 0.05) is 46.5 Å². The smallest absolute Gasteiger partial charge is 0.347 e. The number of hydrogen-bond acceptors (Lipinski definition) is 4. The maximum Gasteiger partial charge on any atom is 0.369 e. The summed E-state index contributed by atoms with van der Waals surface area (Å²) in [5, 5.41) is 12.7. The SMILES string of the molecule is CN1C(=CC=C2CCCC(C=CC3=[N+](C)c4ccccc4C3(C)C)=C2Sc2nn[nH][n+]2-c2ccccc2)C(C)(C)c2ccccc21. The van der Waals surface area contributed by atoms with E-state index in [9.17, 15) is 0 Å². The zero-order chi connectivity index (χ0) is 32.1. The van der Waals surface area contributed by atoms with Gasteiger partial charge in [-0.15, -0.1) is 4.68 Å². The Morgan fingerprint density at radius 2 is 1.54 bits per heavy atom. The minimum atomic E-state index is -0.0798. The van der Waals surface area contributed by atoms with Crippen LogP contribution in [0.5, 0.6) is 0 Å². The minimum absolute atomic E-state index is 0.0798. The topological polar surface area (TPSA) is 51.7 Å². The third kappa shape index (κ3) is 5.07. The number of rotatable bonds is 6. The lowest BCUT2D eigenvalue weighted by Crippen LogP contribution is -2.35. The van der Waals surface area contributed by atoms with Gasteiger partial charge in [0.25, 0.3) is 0 Å². The van der Waals surface area contributed by atoms with Crippen LogP contribution in [0, 0.1) is 0 Å². The van der Waals surface area contributed by atoms with Gasteiger partial charge in [0.15, 0.2) is 10.9 Å². The van der Waals surface area contributed by atoms with E-state index in [0.717, 1.165) is 30.1 Å². The number of para-hydroxylation sites is 3. The van der Waals surface area contributed by atoms with E-state index >= 15 is 0 Å². The lowest BCUT2D eigenvalue weighted by molar-refractivity contribution is -0.697. The highest BCUT2D eigenvalue weighted by molar-refractivity contribution is 8.03. The highest BCUT2D eigenvalue weighted by Crippen LogP contribution is 2.47. The number of nitrogens with one attached hydrogen (secondary N) is 1. The van der Waals surface area contributed by atoms with E-state index in [1.54, 1.807) is 11.8 Å². The molecule has 6 nitrogen and oxygen atoms in total.